The van der Waals surface area contributed by atoms with Crippen LogP contribution in [0.5, 0.6) is 0 Å². The van der Waals surface area contributed by atoms with Gasteiger partial charge in [-0.25, -0.2) is 0 Å². The molecule has 0 unspecified atom stereocenters. The maximum absolute atomic E-state index is 10.8. The van der Waals surface area contributed by atoms with Crippen molar-refractivity contribution < 1.29 is 9.85 Å². The molecule has 0 fully saturated rings. The summed E-state index contributed by atoms with van der Waals surface area (Å²) in [6, 6.07) is 2.41. The van der Waals surface area contributed by atoms with Gasteiger partial charge in [0, 0.05) is 22.9 Å². The lowest BCUT2D eigenvalue weighted by molar-refractivity contribution is -0.422. The number of hydrogen-bond acceptors (Lipinski definition) is 5. The third kappa shape index (κ3) is 2.05. The lowest BCUT2D eigenvalue weighted by atomic mass is 10.2. The molecule has 9 heteroatoms. The molecule has 0 atom stereocenters. The zero-order chi connectivity index (χ0) is 12.7. The van der Waals surface area contributed by atoms with Crippen molar-refractivity contribution in [3.8, 4) is 0 Å². The minimum Gasteiger partial charge on any atom is -0.258 e. The van der Waals surface area contributed by atoms with E-state index in [-0.39, 0.29) is 0 Å². The Hall–Kier alpha value is -1.06. The molecule has 1 aromatic carbocycles. The van der Waals surface area contributed by atoms with Gasteiger partial charge < -0.3 is 0 Å². The second-order valence-electron chi connectivity index (χ2n) is 3.05. The number of halogens is 2. The molecule has 0 amide bonds. The van der Waals surface area contributed by atoms with Gasteiger partial charge in [0.15, 0.2) is 0 Å². The number of hydrogen-bond donors (Lipinski definition) is 0. The first-order valence-corrected chi connectivity index (χ1v) is 6.52. The van der Waals surface area contributed by atoms with Gasteiger partial charge in [-0.2, -0.15) is 0 Å². The van der Waals surface area contributed by atoms with E-state index in [0.717, 1.165) is 0 Å². The standard InChI is InChI=1S/C8H2Br2N2O4S/c9-7-3-1-5(11(13)14)6(12(15)16)2-4(3)8(10)17-7/h1-2H. The number of fused-ring (bicyclic) bond motifs is 1. The molecular weight excluding hydrogens is 380 g/mol. The van der Waals surface area contributed by atoms with Crippen LogP contribution in [-0.4, -0.2) is 9.85 Å². The van der Waals surface area contributed by atoms with Crippen molar-refractivity contribution in [2.75, 3.05) is 0 Å². The number of benzene rings is 1. The van der Waals surface area contributed by atoms with Gasteiger partial charge in [0.05, 0.1) is 17.4 Å². The van der Waals surface area contributed by atoms with Crippen molar-refractivity contribution in [2.24, 2.45) is 0 Å². The van der Waals surface area contributed by atoms with Gasteiger partial charge in [0.25, 0.3) is 0 Å². The predicted molar refractivity (Wildman–Crippen MR) is 70.5 cm³/mol. The molecule has 2 rings (SSSR count). The Kier molecular flexibility index (Phi) is 3.15. The van der Waals surface area contributed by atoms with Crippen LogP contribution in [0, 0.1) is 20.2 Å². The van der Waals surface area contributed by atoms with Crippen LogP contribution >= 0.6 is 43.2 Å². The average molecular weight is 382 g/mol. The van der Waals surface area contributed by atoms with Crippen LogP contribution < -0.4 is 0 Å². The van der Waals surface area contributed by atoms with Gasteiger partial charge in [0.1, 0.15) is 0 Å². The average Bonchev–Trinajstić information content (AvgIpc) is 2.52. The van der Waals surface area contributed by atoms with Crippen LogP contribution in [0.1, 0.15) is 0 Å². The molecule has 0 radical (unpaired) electrons. The molecule has 0 bridgehead atoms. The van der Waals surface area contributed by atoms with E-state index < -0.39 is 21.2 Å². The van der Waals surface area contributed by atoms with Crippen LogP contribution in [0.3, 0.4) is 0 Å². The van der Waals surface area contributed by atoms with Gasteiger partial charge in [0.2, 0.25) is 0 Å². The molecule has 88 valence electrons. The van der Waals surface area contributed by atoms with Crippen LogP contribution in [0.15, 0.2) is 19.7 Å². The lowest BCUT2D eigenvalue weighted by Gasteiger charge is -1.96. The van der Waals surface area contributed by atoms with E-state index in [2.05, 4.69) is 31.9 Å². The quantitative estimate of drug-likeness (QED) is 0.574. The Bertz CT molecular complexity index is 601. The van der Waals surface area contributed by atoms with Crippen LogP contribution in [-0.2, 0) is 0 Å². The van der Waals surface area contributed by atoms with E-state index in [9.17, 15) is 20.2 Å². The highest BCUT2D eigenvalue weighted by Gasteiger charge is 2.26. The highest BCUT2D eigenvalue weighted by Crippen LogP contribution is 2.43. The van der Waals surface area contributed by atoms with Crippen LogP contribution in [0.4, 0.5) is 11.4 Å². The van der Waals surface area contributed by atoms with Crippen LogP contribution in [0.2, 0.25) is 0 Å². The fourth-order valence-corrected chi connectivity index (χ4v) is 4.38. The van der Waals surface area contributed by atoms with E-state index in [1.54, 1.807) is 0 Å². The Morgan fingerprint density at radius 1 is 0.941 bits per heavy atom. The first-order chi connectivity index (χ1) is 7.91. The first-order valence-electron chi connectivity index (χ1n) is 4.12. The number of rotatable bonds is 2. The van der Waals surface area contributed by atoms with Crippen molar-refractivity contribution >= 4 is 65.3 Å². The van der Waals surface area contributed by atoms with Crippen molar-refractivity contribution in [3.63, 3.8) is 0 Å². The van der Waals surface area contributed by atoms with E-state index >= 15 is 0 Å². The second-order valence-corrected chi connectivity index (χ2v) is 6.71. The Morgan fingerprint density at radius 2 is 1.29 bits per heavy atom. The highest BCUT2D eigenvalue weighted by molar-refractivity contribution is 9.12. The number of thiophene rings is 1. The van der Waals surface area contributed by atoms with Crippen molar-refractivity contribution in [1.29, 1.82) is 0 Å². The zero-order valence-corrected chi connectivity index (χ0v) is 11.8. The molecule has 2 aromatic rings. The number of nitro benzene ring substituents is 2. The second kappa shape index (κ2) is 4.31. The summed E-state index contributed by atoms with van der Waals surface area (Å²) in [6.45, 7) is 0. The van der Waals surface area contributed by atoms with Crippen molar-refractivity contribution in [2.45, 2.75) is 0 Å². The molecule has 0 aliphatic carbocycles. The molecule has 0 N–H and O–H groups in total. The zero-order valence-electron chi connectivity index (χ0n) is 7.85. The van der Waals surface area contributed by atoms with Crippen LogP contribution in [0.25, 0.3) is 10.8 Å². The Labute approximate surface area is 115 Å². The maximum atomic E-state index is 10.8. The molecule has 0 saturated heterocycles. The highest BCUT2D eigenvalue weighted by atomic mass is 79.9. The maximum Gasteiger partial charge on any atom is 0.346 e. The molecule has 17 heavy (non-hydrogen) atoms. The molecule has 0 spiro atoms. The lowest BCUT2D eigenvalue weighted by Crippen LogP contribution is -1.96. The largest absolute Gasteiger partial charge is 0.346 e. The van der Waals surface area contributed by atoms with Gasteiger partial charge >= 0.3 is 11.4 Å². The molecule has 6 nitrogen and oxygen atoms in total. The topological polar surface area (TPSA) is 86.3 Å². The van der Waals surface area contributed by atoms with Gasteiger partial charge in [-0.15, -0.1) is 11.3 Å². The van der Waals surface area contributed by atoms with E-state index in [4.69, 9.17) is 0 Å². The third-order valence-corrected chi connectivity index (χ3v) is 4.73. The Morgan fingerprint density at radius 3 is 1.59 bits per heavy atom. The van der Waals surface area contributed by atoms with E-state index in [1.807, 2.05) is 0 Å². The molecule has 0 aliphatic rings. The minimum absolute atomic E-state index is 0.506. The fourth-order valence-electron chi connectivity index (χ4n) is 1.38. The normalized spacial score (nSPS) is 10.7. The van der Waals surface area contributed by atoms with Gasteiger partial charge in [-0.3, -0.25) is 20.2 Å². The Balaban J connectivity index is 2.88. The molecular formula is C8H2Br2N2O4S. The van der Waals surface area contributed by atoms with Crippen molar-refractivity contribution in [1.82, 2.24) is 0 Å². The van der Waals surface area contributed by atoms with E-state index in [0.29, 0.717) is 18.3 Å². The van der Waals surface area contributed by atoms with Gasteiger partial charge in [-0.05, 0) is 31.9 Å². The molecule has 1 heterocycles. The summed E-state index contributed by atoms with van der Waals surface area (Å²) >= 11 is 7.83. The summed E-state index contributed by atoms with van der Waals surface area (Å²) < 4.78 is 1.38. The SMILES string of the molecule is O=[N+]([O-])c1cc2c(Br)sc(Br)c2cc1[N+](=O)[O-]. The monoisotopic (exact) mass is 380 g/mol. The predicted octanol–water partition coefficient (Wildman–Crippen LogP) is 4.24. The summed E-state index contributed by atoms with van der Waals surface area (Å²) in [7, 11) is 0. The summed E-state index contributed by atoms with van der Waals surface area (Å²) in [5, 5.41) is 22.7. The molecule has 1 aromatic heterocycles. The molecule has 0 saturated carbocycles. The van der Waals surface area contributed by atoms with E-state index in [1.165, 1.54) is 23.5 Å². The van der Waals surface area contributed by atoms with Crippen molar-refractivity contribution in [3.05, 3.63) is 39.9 Å². The van der Waals surface area contributed by atoms with Gasteiger partial charge in [-0.1, -0.05) is 0 Å². The number of nitrogens with zero attached hydrogens (tertiary/aromatic N) is 2. The summed E-state index contributed by atoms with van der Waals surface area (Å²) in [5.74, 6) is 0. The fraction of sp³-hybridized carbons (Fsp3) is 0. The number of nitro groups is 2. The first kappa shape index (κ1) is 12.4. The minimum atomic E-state index is -0.754. The summed E-state index contributed by atoms with van der Waals surface area (Å²) in [6.07, 6.45) is 0. The summed E-state index contributed by atoms with van der Waals surface area (Å²) in [4.78, 5) is 20.0. The smallest absolute Gasteiger partial charge is 0.258 e. The third-order valence-electron chi connectivity index (χ3n) is 2.11. The summed E-state index contributed by atoms with van der Waals surface area (Å²) in [5.41, 5.74) is -1.01. The molecule has 0 aliphatic heterocycles.